The van der Waals surface area contributed by atoms with E-state index in [2.05, 4.69) is 26.0 Å². The van der Waals surface area contributed by atoms with Crippen LogP contribution >= 0.6 is 11.3 Å². The molecule has 0 amide bonds. The predicted molar refractivity (Wildman–Crippen MR) is 96.8 cm³/mol. The molecule has 0 N–H and O–H groups in total. The number of anilines is 1. The van der Waals surface area contributed by atoms with Gasteiger partial charge in [0, 0.05) is 32.4 Å². The van der Waals surface area contributed by atoms with Gasteiger partial charge in [0.1, 0.15) is 12.5 Å². The van der Waals surface area contributed by atoms with E-state index in [1.807, 2.05) is 17.5 Å². The van der Waals surface area contributed by atoms with E-state index in [1.54, 1.807) is 18.3 Å². The lowest BCUT2D eigenvalue weighted by Crippen LogP contribution is -2.48. The SMILES string of the molecule is N#Cc1ccnc(N2CCN(Cn3nc(-c4cccs4)oc3=O)CC2)c1. The van der Waals surface area contributed by atoms with Crippen LogP contribution in [0.3, 0.4) is 0 Å². The molecule has 132 valence electrons. The molecule has 0 unspecified atom stereocenters. The number of hydrogen-bond donors (Lipinski definition) is 0. The van der Waals surface area contributed by atoms with Crippen LogP contribution in [0.25, 0.3) is 10.8 Å². The van der Waals surface area contributed by atoms with E-state index in [0.29, 0.717) is 18.1 Å². The molecule has 3 aromatic heterocycles. The van der Waals surface area contributed by atoms with Gasteiger partial charge in [0.05, 0.1) is 16.5 Å². The Morgan fingerprint density at radius 2 is 2.12 bits per heavy atom. The molecule has 1 saturated heterocycles. The van der Waals surface area contributed by atoms with E-state index >= 15 is 0 Å². The molecular weight excluding hydrogens is 352 g/mol. The van der Waals surface area contributed by atoms with Crippen LogP contribution in [0, 0.1) is 11.3 Å². The van der Waals surface area contributed by atoms with Crippen LogP contribution in [-0.2, 0) is 6.67 Å². The first-order chi connectivity index (χ1) is 12.7. The first-order valence-corrected chi connectivity index (χ1v) is 9.06. The molecule has 1 aliphatic rings. The van der Waals surface area contributed by atoms with E-state index in [4.69, 9.17) is 9.68 Å². The average molecular weight is 368 g/mol. The van der Waals surface area contributed by atoms with Gasteiger partial charge in [0.2, 0.25) is 0 Å². The third kappa shape index (κ3) is 3.37. The number of aromatic nitrogens is 3. The minimum atomic E-state index is -0.445. The van der Waals surface area contributed by atoms with Gasteiger partial charge in [-0.1, -0.05) is 6.07 Å². The normalized spacial score (nSPS) is 15.1. The molecule has 0 radical (unpaired) electrons. The van der Waals surface area contributed by atoms with Crippen molar-refractivity contribution >= 4 is 17.2 Å². The summed E-state index contributed by atoms with van der Waals surface area (Å²) in [5.41, 5.74) is 0.604. The van der Waals surface area contributed by atoms with Crippen molar-refractivity contribution in [3.05, 3.63) is 52.0 Å². The second kappa shape index (κ2) is 7.11. The third-order valence-electron chi connectivity index (χ3n) is 4.24. The summed E-state index contributed by atoms with van der Waals surface area (Å²) in [4.78, 5) is 21.5. The summed E-state index contributed by atoms with van der Waals surface area (Å²) in [7, 11) is 0. The molecule has 4 rings (SSSR count). The Balaban J connectivity index is 1.40. The highest BCUT2D eigenvalue weighted by Gasteiger charge is 2.20. The number of piperazine rings is 1. The van der Waals surface area contributed by atoms with Gasteiger partial charge in [-0.2, -0.15) is 9.94 Å². The topological polar surface area (TPSA) is 91.2 Å². The zero-order valence-electron chi connectivity index (χ0n) is 13.9. The lowest BCUT2D eigenvalue weighted by Gasteiger charge is -2.34. The van der Waals surface area contributed by atoms with Gasteiger partial charge in [-0.25, -0.2) is 9.78 Å². The summed E-state index contributed by atoms with van der Waals surface area (Å²) in [5, 5.41) is 15.2. The summed E-state index contributed by atoms with van der Waals surface area (Å²) < 4.78 is 6.61. The van der Waals surface area contributed by atoms with Crippen molar-refractivity contribution in [2.24, 2.45) is 0 Å². The minimum Gasteiger partial charge on any atom is -0.387 e. The van der Waals surface area contributed by atoms with E-state index in [0.717, 1.165) is 36.9 Å². The molecular formula is C17H16N6O2S. The first kappa shape index (κ1) is 16.5. The van der Waals surface area contributed by atoms with Crippen LogP contribution in [-0.4, -0.2) is 45.8 Å². The van der Waals surface area contributed by atoms with Crippen LogP contribution in [0.4, 0.5) is 5.82 Å². The van der Waals surface area contributed by atoms with Gasteiger partial charge in [-0.05, 0) is 23.6 Å². The zero-order valence-corrected chi connectivity index (χ0v) is 14.7. The third-order valence-corrected chi connectivity index (χ3v) is 5.10. The highest BCUT2D eigenvalue weighted by Crippen LogP contribution is 2.21. The molecule has 0 aliphatic carbocycles. The van der Waals surface area contributed by atoms with Crippen LogP contribution in [0.1, 0.15) is 5.56 Å². The molecule has 0 atom stereocenters. The van der Waals surface area contributed by atoms with Gasteiger partial charge in [0.15, 0.2) is 0 Å². The standard InChI is InChI=1S/C17H16N6O2S/c18-11-13-3-4-19-15(10-13)22-7-5-21(6-8-22)12-23-17(24)25-16(20-23)14-2-1-9-26-14/h1-4,9-10H,5-8,12H2. The van der Waals surface area contributed by atoms with Crippen LogP contribution in [0.5, 0.6) is 0 Å². The number of nitrogens with zero attached hydrogens (tertiary/aromatic N) is 6. The van der Waals surface area contributed by atoms with Crippen molar-refractivity contribution in [1.29, 1.82) is 5.26 Å². The summed E-state index contributed by atoms with van der Waals surface area (Å²) in [6.07, 6.45) is 1.65. The van der Waals surface area contributed by atoms with E-state index in [-0.39, 0.29) is 0 Å². The molecule has 9 heteroatoms. The van der Waals surface area contributed by atoms with Gasteiger partial charge < -0.3 is 9.32 Å². The second-order valence-electron chi connectivity index (χ2n) is 5.91. The molecule has 0 bridgehead atoms. The quantitative estimate of drug-likeness (QED) is 0.691. The van der Waals surface area contributed by atoms with Crippen molar-refractivity contribution in [2.45, 2.75) is 6.67 Å². The van der Waals surface area contributed by atoms with Gasteiger partial charge in [-0.3, -0.25) is 4.90 Å². The summed E-state index contributed by atoms with van der Waals surface area (Å²) in [5.74, 6) is 0.725. The zero-order chi connectivity index (χ0) is 17.9. The highest BCUT2D eigenvalue weighted by atomic mass is 32.1. The Kier molecular flexibility index (Phi) is 4.51. The lowest BCUT2D eigenvalue weighted by molar-refractivity contribution is 0.189. The second-order valence-corrected chi connectivity index (χ2v) is 6.86. The Morgan fingerprint density at radius 1 is 1.27 bits per heavy atom. The lowest BCUT2D eigenvalue weighted by atomic mass is 10.2. The van der Waals surface area contributed by atoms with Crippen molar-refractivity contribution in [3.8, 4) is 16.8 Å². The maximum absolute atomic E-state index is 12.0. The molecule has 1 fully saturated rings. The maximum Gasteiger partial charge on any atom is 0.438 e. The Hall–Kier alpha value is -2.96. The number of hydrogen-bond acceptors (Lipinski definition) is 8. The number of pyridine rings is 1. The summed E-state index contributed by atoms with van der Waals surface area (Å²) in [6.45, 7) is 3.48. The van der Waals surface area contributed by atoms with E-state index in [1.165, 1.54) is 16.0 Å². The fourth-order valence-corrected chi connectivity index (χ4v) is 3.51. The Bertz CT molecular complexity index is 979. The molecule has 1 aliphatic heterocycles. The van der Waals surface area contributed by atoms with Crippen LogP contribution in [0.15, 0.2) is 45.1 Å². The molecule has 8 nitrogen and oxygen atoms in total. The van der Waals surface area contributed by atoms with Gasteiger partial charge in [0.25, 0.3) is 5.89 Å². The fraction of sp³-hybridized carbons (Fsp3) is 0.294. The van der Waals surface area contributed by atoms with Crippen LogP contribution < -0.4 is 10.7 Å². The molecule has 4 heterocycles. The number of rotatable bonds is 4. The molecule has 3 aromatic rings. The molecule has 0 saturated carbocycles. The minimum absolute atomic E-state index is 0.362. The first-order valence-electron chi connectivity index (χ1n) is 8.18. The molecule has 0 aromatic carbocycles. The molecule has 26 heavy (non-hydrogen) atoms. The van der Waals surface area contributed by atoms with E-state index < -0.39 is 5.76 Å². The molecule has 0 spiro atoms. The fourth-order valence-electron chi connectivity index (χ4n) is 2.86. The predicted octanol–water partition coefficient (Wildman–Crippen LogP) is 1.61. The highest BCUT2D eigenvalue weighted by molar-refractivity contribution is 7.13. The monoisotopic (exact) mass is 368 g/mol. The largest absolute Gasteiger partial charge is 0.438 e. The number of thiophene rings is 1. The number of nitriles is 1. The maximum atomic E-state index is 12.0. The Labute approximate surface area is 153 Å². The van der Waals surface area contributed by atoms with E-state index in [9.17, 15) is 4.79 Å². The van der Waals surface area contributed by atoms with Crippen LogP contribution in [0.2, 0.25) is 0 Å². The Morgan fingerprint density at radius 3 is 2.85 bits per heavy atom. The van der Waals surface area contributed by atoms with Crippen molar-refractivity contribution in [1.82, 2.24) is 19.7 Å². The summed E-state index contributed by atoms with van der Waals surface area (Å²) in [6, 6.07) is 9.40. The van der Waals surface area contributed by atoms with Gasteiger partial charge >= 0.3 is 5.76 Å². The van der Waals surface area contributed by atoms with Crippen molar-refractivity contribution in [2.75, 3.05) is 31.1 Å². The summed E-state index contributed by atoms with van der Waals surface area (Å²) >= 11 is 1.49. The smallest absolute Gasteiger partial charge is 0.387 e. The van der Waals surface area contributed by atoms with Crippen molar-refractivity contribution < 1.29 is 4.42 Å². The average Bonchev–Trinajstić information content (AvgIpc) is 3.33. The van der Waals surface area contributed by atoms with Crippen molar-refractivity contribution in [3.63, 3.8) is 0 Å². The van der Waals surface area contributed by atoms with Gasteiger partial charge in [-0.15, -0.1) is 16.4 Å².